The predicted octanol–water partition coefficient (Wildman–Crippen LogP) is 5.57. The van der Waals surface area contributed by atoms with E-state index in [9.17, 15) is 9.59 Å². The lowest BCUT2D eigenvalue weighted by atomic mass is 9.81. The fraction of sp³-hybridized carbons (Fsp3) is 0.515. The summed E-state index contributed by atoms with van der Waals surface area (Å²) in [5, 5.41) is 1.21. The number of methoxy groups -OCH3 is 1. The number of rotatable bonds is 6. The van der Waals surface area contributed by atoms with E-state index < -0.39 is 5.41 Å². The minimum absolute atomic E-state index is 0.118. The Labute approximate surface area is 252 Å². The molecule has 1 aromatic heterocycles. The van der Waals surface area contributed by atoms with E-state index in [1.165, 1.54) is 72.0 Å². The lowest BCUT2D eigenvalue weighted by molar-refractivity contribution is -0.141. The van der Waals surface area contributed by atoms with Gasteiger partial charge < -0.3 is 18.9 Å². The molecule has 0 bridgehead atoms. The highest BCUT2D eigenvalue weighted by atomic mass is 32.2. The Hall–Kier alpha value is -3.01. The van der Waals surface area contributed by atoms with Crippen molar-refractivity contribution in [1.82, 2.24) is 18.5 Å². The van der Waals surface area contributed by atoms with E-state index in [0.717, 1.165) is 17.7 Å². The molecular formula is C33H40N4O4S. The monoisotopic (exact) mass is 588 g/mol. The molecule has 4 aliphatic rings. The standard InChI is InChI=1S/C33H40N4O4S/c1-35(2)42-34-31(38)22-9-11-25-28(17-22)37-20-33(32(39)36-13-15-41-16-14-36)19-27(33)26-18-23(40-3)10-12-24(26)30(37)29(25)21-7-5-4-6-8-21/h9-12,17-18,21,27H,4-8,13-16,19-20H2,1-3H3,(H,34,38). The van der Waals surface area contributed by atoms with Crippen LogP contribution < -0.4 is 9.46 Å². The quantitative estimate of drug-likeness (QED) is 0.380. The Morgan fingerprint density at radius 1 is 1.07 bits per heavy atom. The zero-order valence-electron chi connectivity index (χ0n) is 24.8. The summed E-state index contributed by atoms with van der Waals surface area (Å²) in [4.78, 5) is 29.6. The van der Waals surface area contributed by atoms with Crippen LogP contribution in [0.3, 0.4) is 0 Å². The molecular weight excluding hydrogens is 548 g/mol. The van der Waals surface area contributed by atoms with Crippen molar-refractivity contribution in [2.75, 3.05) is 47.5 Å². The van der Waals surface area contributed by atoms with Crippen LogP contribution in [-0.2, 0) is 16.1 Å². The molecule has 0 radical (unpaired) electrons. The maximum atomic E-state index is 14.4. The van der Waals surface area contributed by atoms with Crippen LogP contribution in [0, 0.1) is 5.41 Å². The molecule has 3 aromatic rings. The highest BCUT2D eigenvalue weighted by Gasteiger charge is 2.63. The molecule has 2 saturated carbocycles. The van der Waals surface area contributed by atoms with Crippen LogP contribution in [-0.4, -0.2) is 73.1 Å². The second kappa shape index (κ2) is 10.9. The van der Waals surface area contributed by atoms with E-state index in [2.05, 4.69) is 39.6 Å². The van der Waals surface area contributed by atoms with Gasteiger partial charge in [0.2, 0.25) is 5.91 Å². The third-order valence-electron chi connectivity index (χ3n) is 9.83. The molecule has 3 fully saturated rings. The molecule has 222 valence electrons. The van der Waals surface area contributed by atoms with E-state index >= 15 is 0 Å². The molecule has 0 spiro atoms. The minimum Gasteiger partial charge on any atom is -0.497 e. The highest BCUT2D eigenvalue weighted by Crippen LogP contribution is 2.66. The average molecular weight is 589 g/mol. The summed E-state index contributed by atoms with van der Waals surface area (Å²) in [5.74, 6) is 1.53. The minimum atomic E-state index is -0.515. The molecule has 1 saturated heterocycles. The summed E-state index contributed by atoms with van der Waals surface area (Å²) in [6, 6.07) is 12.6. The first kappa shape index (κ1) is 27.8. The molecule has 2 atom stereocenters. The number of amides is 2. The first-order chi connectivity index (χ1) is 20.4. The zero-order chi connectivity index (χ0) is 29.0. The van der Waals surface area contributed by atoms with Gasteiger partial charge in [-0.05, 0) is 80.7 Å². The number of ether oxygens (including phenoxy) is 2. The van der Waals surface area contributed by atoms with Crippen molar-refractivity contribution in [2.24, 2.45) is 5.41 Å². The van der Waals surface area contributed by atoms with Gasteiger partial charge in [-0.3, -0.25) is 14.3 Å². The molecule has 2 aliphatic heterocycles. The van der Waals surface area contributed by atoms with Crippen molar-refractivity contribution in [3.05, 3.63) is 53.1 Å². The molecule has 2 aromatic carbocycles. The van der Waals surface area contributed by atoms with Crippen LogP contribution in [0.1, 0.15) is 71.8 Å². The van der Waals surface area contributed by atoms with E-state index in [1.807, 2.05) is 29.4 Å². The number of carbonyl (C=O) groups excluding carboxylic acids is 2. The molecule has 2 amide bonds. The smallest absolute Gasteiger partial charge is 0.262 e. The zero-order valence-corrected chi connectivity index (χ0v) is 25.6. The lowest BCUT2D eigenvalue weighted by Crippen LogP contribution is -2.45. The molecule has 2 aliphatic carbocycles. The Kier molecular flexibility index (Phi) is 7.23. The van der Waals surface area contributed by atoms with Crippen molar-refractivity contribution in [3.8, 4) is 17.0 Å². The maximum Gasteiger partial charge on any atom is 0.262 e. The van der Waals surface area contributed by atoms with Crippen LogP contribution in [0.4, 0.5) is 0 Å². The van der Waals surface area contributed by atoms with E-state index in [1.54, 1.807) is 7.11 Å². The van der Waals surface area contributed by atoms with Crippen molar-refractivity contribution in [3.63, 3.8) is 0 Å². The first-order valence-electron chi connectivity index (χ1n) is 15.3. The van der Waals surface area contributed by atoms with Gasteiger partial charge in [-0.25, -0.2) is 4.31 Å². The summed E-state index contributed by atoms with van der Waals surface area (Å²) in [6.07, 6.45) is 6.90. The number of hydrogen-bond donors (Lipinski definition) is 1. The van der Waals surface area contributed by atoms with E-state index in [4.69, 9.17) is 9.47 Å². The largest absolute Gasteiger partial charge is 0.497 e. The van der Waals surface area contributed by atoms with Crippen molar-refractivity contribution >= 4 is 34.9 Å². The van der Waals surface area contributed by atoms with E-state index in [0.29, 0.717) is 44.3 Å². The fourth-order valence-corrected chi connectivity index (χ4v) is 8.08. The SMILES string of the molecule is COc1ccc2c(c1)C1CC1(C(=O)N1CCOCC1)Cn1c-2c(C2CCCCC2)c2ccc(C(=O)NSN(C)C)cc21. The number of hydrogen-bond acceptors (Lipinski definition) is 6. The second-order valence-corrected chi connectivity index (χ2v) is 13.6. The molecule has 7 rings (SSSR count). The molecule has 42 heavy (non-hydrogen) atoms. The summed E-state index contributed by atoms with van der Waals surface area (Å²) >= 11 is 1.27. The predicted molar refractivity (Wildman–Crippen MR) is 166 cm³/mol. The van der Waals surface area contributed by atoms with Crippen LogP contribution in [0.5, 0.6) is 5.75 Å². The summed E-state index contributed by atoms with van der Waals surface area (Å²) in [7, 11) is 5.52. The third-order valence-corrected chi connectivity index (χ3v) is 10.5. The number of benzene rings is 2. The van der Waals surface area contributed by atoms with Crippen LogP contribution >= 0.6 is 12.1 Å². The van der Waals surface area contributed by atoms with Crippen LogP contribution in [0.15, 0.2) is 36.4 Å². The number of nitrogens with one attached hydrogen (secondary N) is 1. The normalized spacial score (nSPS) is 23.6. The van der Waals surface area contributed by atoms with Crippen molar-refractivity contribution < 1.29 is 19.1 Å². The van der Waals surface area contributed by atoms with Gasteiger partial charge in [-0.2, -0.15) is 0 Å². The van der Waals surface area contributed by atoms with Crippen molar-refractivity contribution in [2.45, 2.75) is 56.9 Å². The molecule has 1 N–H and O–H groups in total. The Morgan fingerprint density at radius 3 is 2.60 bits per heavy atom. The Morgan fingerprint density at radius 2 is 1.86 bits per heavy atom. The summed E-state index contributed by atoms with van der Waals surface area (Å²) < 4.78 is 18.5. The van der Waals surface area contributed by atoms with Gasteiger partial charge in [0.15, 0.2) is 0 Å². The number of carbonyl (C=O) groups is 2. The van der Waals surface area contributed by atoms with Gasteiger partial charge in [-0.15, -0.1) is 0 Å². The number of nitrogens with zero attached hydrogens (tertiary/aromatic N) is 3. The van der Waals surface area contributed by atoms with E-state index in [-0.39, 0.29) is 17.7 Å². The molecule has 3 heterocycles. The highest BCUT2D eigenvalue weighted by molar-refractivity contribution is 7.95. The van der Waals surface area contributed by atoms with Gasteiger partial charge in [0.1, 0.15) is 5.75 Å². The number of fused-ring (bicyclic) bond motifs is 7. The average Bonchev–Trinajstić information content (AvgIpc) is 3.70. The third kappa shape index (κ3) is 4.61. The fourth-order valence-electron chi connectivity index (χ4n) is 7.70. The lowest BCUT2D eigenvalue weighted by Gasteiger charge is -2.31. The Bertz CT molecular complexity index is 1540. The first-order valence-corrected chi connectivity index (χ1v) is 16.0. The summed E-state index contributed by atoms with van der Waals surface area (Å²) in [5.41, 5.74) is 6.22. The Balaban J connectivity index is 1.44. The van der Waals surface area contributed by atoms with Gasteiger partial charge in [0.25, 0.3) is 5.91 Å². The topological polar surface area (TPSA) is 76.0 Å². The van der Waals surface area contributed by atoms with Crippen molar-refractivity contribution in [1.29, 1.82) is 0 Å². The van der Waals surface area contributed by atoms with Gasteiger partial charge in [0, 0.05) is 59.7 Å². The van der Waals surface area contributed by atoms with Gasteiger partial charge in [-0.1, -0.05) is 25.3 Å². The molecule has 9 heteroatoms. The maximum absolute atomic E-state index is 14.4. The second-order valence-electron chi connectivity index (χ2n) is 12.5. The molecule has 2 unspecified atom stereocenters. The van der Waals surface area contributed by atoms with Crippen LogP contribution in [0.25, 0.3) is 22.2 Å². The number of aromatic nitrogens is 1. The number of morpholine rings is 1. The van der Waals surface area contributed by atoms with Gasteiger partial charge in [0.05, 0.1) is 31.4 Å². The van der Waals surface area contributed by atoms with Gasteiger partial charge >= 0.3 is 0 Å². The summed E-state index contributed by atoms with van der Waals surface area (Å²) in [6.45, 7) is 3.06. The molecule has 8 nitrogen and oxygen atoms in total. The van der Waals surface area contributed by atoms with Crippen LogP contribution in [0.2, 0.25) is 0 Å².